The van der Waals surface area contributed by atoms with Crippen molar-refractivity contribution in [2.45, 2.75) is 19.3 Å². The molecule has 0 amide bonds. The smallest absolute Gasteiger partial charge is 0.336 e. The highest BCUT2D eigenvalue weighted by atomic mass is 16.5. The predicted molar refractivity (Wildman–Crippen MR) is 106 cm³/mol. The average molecular weight is 361 g/mol. The number of methoxy groups -OCH3 is 1. The molecule has 2 atom stereocenters. The van der Waals surface area contributed by atoms with Gasteiger partial charge in [0.2, 0.25) is 0 Å². The Morgan fingerprint density at radius 1 is 1.15 bits per heavy atom. The van der Waals surface area contributed by atoms with Crippen LogP contribution in [0.4, 0.5) is 0 Å². The van der Waals surface area contributed by atoms with Crippen molar-refractivity contribution in [3.63, 3.8) is 0 Å². The Bertz CT molecular complexity index is 941. The molecule has 2 aromatic carbocycles. The topological polar surface area (TPSA) is 58.6 Å². The lowest BCUT2D eigenvalue weighted by Gasteiger charge is -2.28. The van der Waals surface area contributed by atoms with E-state index in [0.717, 1.165) is 41.1 Å². The summed E-state index contributed by atoms with van der Waals surface area (Å²) in [6.07, 6.45) is 5.53. The Morgan fingerprint density at radius 3 is 2.63 bits per heavy atom. The van der Waals surface area contributed by atoms with Gasteiger partial charge in [0.25, 0.3) is 0 Å². The van der Waals surface area contributed by atoms with Crippen LogP contribution < -0.4 is 10.1 Å². The number of aromatic carboxylic acids is 1. The van der Waals surface area contributed by atoms with Crippen LogP contribution in [0.3, 0.4) is 0 Å². The number of ether oxygens (including phenoxy) is 1. The monoisotopic (exact) mass is 361 g/mol. The molecule has 4 rings (SSSR count). The standard InChI is InChI=1S/C23H23NO3/c1-14-12-16-10-11-24-21(16)13-20(14)22-18(4-3-5-19(22)23(25)26)15-6-8-17(27-2)9-7-15/h3-9,12-14,20,24H,10-11H2,1-2H3,(H,25,26). The summed E-state index contributed by atoms with van der Waals surface area (Å²) in [6.45, 7) is 3.11. The summed E-state index contributed by atoms with van der Waals surface area (Å²) in [5, 5.41) is 13.3. The molecule has 4 nitrogen and oxygen atoms in total. The van der Waals surface area contributed by atoms with Crippen molar-refractivity contribution in [3.8, 4) is 16.9 Å². The molecule has 0 radical (unpaired) electrons. The summed E-state index contributed by atoms with van der Waals surface area (Å²) >= 11 is 0. The third kappa shape index (κ3) is 3.12. The lowest BCUT2D eigenvalue weighted by atomic mass is 9.76. The van der Waals surface area contributed by atoms with Crippen LogP contribution in [-0.2, 0) is 0 Å². The molecule has 27 heavy (non-hydrogen) atoms. The second kappa shape index (κ2) is 6.95. The molecule has 0 bridgehead atoms. The second-order valence-electron chi connectivity index (χ2n) is 7.13. The van der Waals surface area contributed by atoms with E-state index in [1.165, 1.54) is 5.57 Å². The maximum atomic E-state index is 12.0. The highest BCUT2D eigenvalue weighted by Crippen LogP contribution is 2.42. The van der Waals surface area contributed by atoms with Gasteiger partial charge in [-0.05, 0) is 52.8 Å². The average Bonchev–Trinajstić information content (AvgIpc) is 3.14. The van der Waals surface area contributed by atoms with E-state index >= 15 is 0 Å². The van der Waals surface area contributed by atoms with Crippen LogP contribution in [0.5, 0.6) is 5.75 Å². The third-order valence-electron chi connectivity index (χ3n) is 5.50. The summed E-state index contributed by atoms with van der Waals surface area (Å²) < 4.78 is 5.26. The maximum absolute atomic E-state index is 12.0. The zero-order valence-corrected chi connectivity index (χ0v) is 15.5. The van der Waals surface area contributed by atoms with Crippen LogP contribution in [0.25, 0.3) is 11.1 Å². The van der Waals surface area contributed by atoms with Crippen LogP contribution >= 0.6 is 0 Å². The Hall–Kier alpha value is -3.01. The molecule has 2 aliphatic rings. The molecule has 1 aliphatic carbocycles. The summed E-state index contributed by atoms with van der Waals surface area (Å²) in [4.78, 5) is 12.0. The van der Waals surface area contributed by atoms with Gasteiger partial charge in [-0.15, -0.1) is 0 Å². The number of fused-ring (bicyclic) bond motifs is 1. The number of nitrogens with one attached hydrogen (secondary N) is 1. The fourth-order valence-electron chi connectivity index (χ4n) is 4.15. The highest BCUT2D eigenvalue weighted by Gasteiger charge is 2.30. The van der Waals surface area contributed by atoms with E-state index < -0.39 is 5.97 Å². The minimum absolute atomic E-state index is 0.0127. The van der Waals surface area contributed by atoms with Crippen molar-refractivity contribution in [2.24, 2.45) is 5.92 Å². The summed E-state index contributed by atoms with van der Waals surface area (Å²) in [6, 6.07) is 13.3. The van der Waals surface area contributed by atoms with E-state index in [4.69, 9.17) is 4.74 Å². The molecule has 2 aromatic rings. The third-order valence-corrected chi connectivity index (χ3v) is 5.50. The largest absolute Gasteiger partial charge is 0.497 e. The molecular weight excluding hydrogens is 338 g/mol. The fourth-order valence-corrected chi connectivity index (χ4v) is 4.15. The Kier molecular flexibility index (Phi) is 4.48. The molecule has 2 unspecified atom stereocenters. The predicted octanol–water partition coefficient (Wildman–Crippen LogP) is 4.60. The van der Waals surface area contributed by atoms with E-state index in [9.17, 15) is 9.90 Å². The van der Waals surface area contributed by atoms with Crippen LogP contribution in [0.1, 0.15) is 35.2 Å². The van der Waals surface area contributed by atoms with Gasteiger partial charge in [-0.25, -0.2) is 4.79 Å². The number of carbonyl (C=O) groups is 1. The van der Waals surface area contributed by atoms with Crippen LogP contribution in [0, 0.1) is 5.92 Å². The zero-order valence-electron chi connectivity index (χ0n) is 15.5. The first-order valence-corrected chi connectivity index (χ1v) is 9.26. The highest BCUT2D eigenvalue weighted by molar-refractivity contribution is 5.93. The van der Waals surface area contributed by atoms with Crippen molar-refractivity contribution < 1.29 is 14.6 Å². The van der Waals surface area contributed by atoms with Gasteiger partial charge in [0, 0.05) is 18.2 Å². The van der Waals surface area contributed by atoms with Crippen molar-refractivity contribution in [2.75, 3.05) is 13.7 Å². The normalized spacial score (nSPS) is 21.0. The van der Waals surface area contributed by atoms with Gasteiger partial charge in [0.1, 0.15) is 5.75 Å². The molecule has 0 aromatic heterocycles. The maximum Gasteiger partial charge on any atom is 0.336 e. The Balaban J connectivity index is 1.87. The quantitative estimate of drug-likeness (QED) is 0.836. The van der Waals surface area contributed by atoms with Gasteiger partial charge >= 0.3 is 5.97 Å². The molecular formula is C23H23NO3. The van der Waals surface area contributed by atoms with Crippen molar-refractivity contribution >= 4 is 5.97 Å². The minimum atomic E-state index is -0.889. The zero-order chi connectivity index (χ0) is 19.0. The number of allylic oxidation sites excluding steroid dienone is 3. The molecule has 1 fully saturated rings. The lowest BCUT2D eigenvalue weighted by molar-refractivity contribution is 0.0695. The van der Waals surface area contributed by atoms with Gasteiger partial charge in [-0.2, -0.15) is 0 Å². The molecule has 0 saturated carbocycles. The number of benzene rings is 2. The van der Waals surface area contributed by atoms with Gasteiger partial charge in [0.15, 0.2) is 0 Å². The summed E-state index contributed by atoms with van der Waals surface area (Å²) in [5.74, 6) is 0.144. The molecule has 0 spiro atoms. The number of rotatable bonds is 4. The van der Waals surface area contributed by atoms with Crippen LogP contribution in [-0.4, -0.2) is 24.7 Å². The molecule has 2 N–H and O–H groups in total. The Labute approximate surface area is 159 Å². The van der Waals surface area contributed by atoms with E-state index in [1.54, 1.807) is 13.2 Å². The molecule has 1 heterocycles. The van der Waals surface area contributed by atoms with E-state index in [2.05, 4.69) is 24.4 Å². The van der Waals surface area contributed by atoms with E-state index in [0.29, 0.717) is 5.56 Å². The van der Waals surface area contributed by atoms with Crippen molar-refractivity contribution in [1.82, 2.24) is 5.32 Å². The first-order valence-electron chi connectivity index (χ1n) is 9.26. The van der Waals surface area contributed by atoms with Gasteiger partial charge in [0.05, 0.1) is 12.7 Å². The van der Waals surface area contributed by atoms with Crippen molar-refractivity contribution in [1.29, 1.82) is 0 Å². The summed E-state index contributed by atoms with van der Waals surface area (Å²) in [5.41, 5.74) is 5.69. The number of carboxylic acids is 1. The van der Waals surface area contributed by atoms with Gasteiger partial charge in [-0.1, -0.05) is 43.3 Å². The fraction of sp³-hybridized carbons (Fsp3) is 0.261. The number of hydrogen-bond acceptors (Lipinski definition) is 3. The molecule has 1 saturated heterocycles. The Morgan fingerprint density at radius 2 is 1.93 bits per heavy atom. The van der Waals surface area contributed by atoms with E-state index in [1.807, 2.05) is 36.4 Å². The van der Waals surface area contributed by atoms with Crippen LogP contribution in [0.2, 0.25) is 0 Å². The number of carboxylic acid groups (broad SMARTS) is 1. The van der Waals surface area contributed by atoms with Gasteiger partial charge in [-0.3, -0.25) is 0 Å². The second-order valence-corrected chi connectivity index (χ2v) is 7.13. The molecule has 138 valence electrons. The number of hydrogen-bond donors (Lipinski definition) is 2. The molecule has 1 aliphatic heterocycles. The first-order chi connectivity index (χ1) is 13.1. The van der Waals surface area contributed by atoms with Crippen LogP contribution in [0.15, 0.2) is 65.9 Å². The minimum Gasteiger partial charge on any atom is -0.497 e. The van der Waals surface area contributed by atoms with Crippen molar-refractivity contribution in [3.05, 3.63) is 77.0 Å². The molecule has 4 heteroatoms. The first kappa shape index (κ1) is 17.4. The lowest BCUT2D eigenvalue weighted by Crippen LogP contribution is -2.18. The van der Waals surface area contributed by atoms with E-state index in [-0.39, 0.29) is 11.8 Å². The SMILES string of the molecule is COc1ccc(-c2cccc(C(=O)O)c2C2C=C3NCCC3=CC2C)cc1. The summed E-state index contributed by atoms with van der Waals surface area (Å²) in [7, 11) is 1.64. The van der Waals surface area contributed by atoms with Gasteiger partial charge < -0.3 is 15.2 Å².